The number of anilines is 2. The molecule has 2 aromatic carbocycles. The van der Waals surface area contributed by atoms with E-state index in [0.717, 1.165) is 30.4 Å². The Balaban J connectivity index is 0.00000456. The first-order valence-corrected chi connectivity index (χ1v) is 13.7. The van der Waals surface area contributed by atoms with E-state index in [1.807, 2.05) is 0 Å². The number of hydrogen-bond acceptors (Lipinski definition) is 9. The Kier molecular flexibility index (Phi) is 13.4. The number of rotatable bonds is 5. The zero-order valence-electron chi connectivity index (χ0n) is 17.8. The molecule has 0 aromatic heterocycles. The SMILES string of the molecule is Cc1cc(/C(=C2/C=CC(=N)C(S(=O)(=O)O)=C2)c2ccc(N)c(S(=O)(=O)O)c2)cc(S(=O)(=O)O)c1N.[NaH].[NaH].[NaH]. The van der Waals surface area contributed by atoms with Crippen LogP contribution in [0.25, 0.3) is 5.57 Å². The third kappa shape index (κ3) is 8.34. The van der Waals surface area contributed by atoms with E-state index in [9.17, 15) is 38.9 Å². The molecule has 0 fully saturated rings. The monoisotopic (exact) mass is 613 g/mol. The number of nitrogens with one attached hydrogen (secondary N) is 1. The van der Waals surface area contributed by atoms with Crippen LogP contribution in [-0.4, -0.2) is 133 Å². The van der Waals surface area contributed by atoms with Crippen molar-refractivity contribution in [2.24, 2.45) is 0 Å². The van der Waals surface area contributed by atoms with Gasteiger partial charge in [0.2, 0.25) is 0 Å². The van der Waals surface area contributed by atoms with Gasteiger partial charge in [-0.3, -0.25) is 19.1 Å². The van der Waals surface area contributed by atoms with Crippen LogP contribution in [0.4, 0.5) is 11.4 Å². The van der Waals surface area contributed by atoms with Crippen molar-refractivity contribution in [1.29, 1.82) is 5.41 Å². The van der Waals surface area contributed by atoms with E-state index >= 15 is 0 Å². The number of allylic oxidation sites excluding steroid dienone is 5. The molecule has 0 aliphatic heterocycles. The molecular weight excluding hydrogens is 591 g/mol. The van der Waals surface area contributed by atoms with Crippen LogP contribution in [0.15, 0.2) is 68.8 Å². The molecule has 2 aromatic rings. The summed E-state index contributed by atoms with van der Waals surface area (Å²) in [5.74, 6) is 0. The van der Waals surface area contributed by atoms with Crippen LogP contribution < -0.4 is 11.5 Å². The maximum atomic E-state index is 11.9. The predicted octanol–water partition coefficient (Wildman–Crippen LogP) is -0.130. The molecule has 0 amide bonds. The molecule has 1 aliphatic rings. The predicted molar refractivity (Wildman–Crippen MR) is 150 cm³/mol. The van der Waals surface area contributed by atoms with E-state index < -0.39 is 50.8 Å². The Bertz CT molecular complexity index is 1720. The van der Waals surface area contributed by atoms with Gasteiger partial charge in [-0.05, 0) is 71.2 Å². The van der Waals surface area contributed by atoms with Gasteiger partial charge >= 0.3 is 88.7 Å². The Labute approximate surface area is 286 Å². The molecule has 18 heteroatoms. The molecule has 1 aliphatic carbocycles. The average Bonchev–Trinajstić information content (AvgIpc) is 2.70. The van der Waals surface area contributed by atoms with Gasteiger partial charge in [-0.1, -0.05) is 12.1 Å². The first-order chi connectivity index (χ1) is 15.9. The van der Waals surface area contributed by atoms with Crippen molar-refractivity contribution in [2.45, 2.75) is 16.7 Å². The minimum atomic E-state index is -4.85. The second-order valence-corrected chi connectivity index (χ2v) is 11.6. The minimum absolute atomic E-state index is 0. The van der Waals surface area contributed by atoms with E-state index in [-0.39, 0.29) is 128 Å². The molecule has 0 atom stereocenters. The summed E-state index contributed by atoms with van der Waals surface area (Å²) in [6.45, 7) is 1.44. The molecule has 192 valence electrons. The fraction of sp³-hybridized carbons (Fsp3) is 0.0500. The summed E-state index contributed by atoms with van der Waals surface area (Å²) in [6, 6.07) is 5.82. The third-order valence-electron chi connectivity index (χ3n) is 5.04. The molecule has 12 nitrogen and oxygen atoms in total. The van der Waals surface area contributed by atoms with Crippen molar-refractivity contribution >= 4 is 142 Å². The van der Waals surface area contributed by atoms with E-state index in [0.29, 0.717) is 0 Å². The summed E-state index contributed by atoms with van der Waals surface area (Å²) in [6.07, 6.45) is 3.25. The summed E-state index contributed by atoms with van der Waals surface area (Å²) in [4.78, 5) is -2.12. The molecule has 0 spiro atoms. The van der Waals surface area contributed by atoms with Gasteiger partial charge in [-0.15, -0.1) is 0 Å². The number of benzene rings is 2. The number of nitrogen functional groups attached to an aromatic ring is 2. The van der Waals surface area contributed by atoms with E-state index in [2.05, 4.69) is 0 Å². The topological polar surface area (TPSA) is 239 Å². The summed E-state index contributed by atoms with van der Waals surface area (Å²) in [7, 11) is -14.5. The molecule has 0 radical (unpaired) electrons. The van der Waals surface area contributed by atoms with Gasteiger partial charge in [0.1, 0.15) is 14.7 Å². The van der Waals surface area contributed by atoms with Crippen LogP contribution in [0.5, 0.6) is 0 Å². The molecular formula is C20H22N3Na3O9S3. The second-order valence-electron chi connectivity index (χ2n) is 7.47. The third-order valence-corrected chi connectivity index (χ3v) is 7.74. The molecule has 0 saturated heterocycles. The molecule has 3 rings (SSSR count). The van der Waals surface area contributed by atoms with Crippen LogP contribution in [-0.2, 0) is 30.4 Å². The average molecular weight is 614 g/mol. The van der Waals surface area contributed by atoms with Crippen molar-refractivity contribution in [2.75, 3.05) is 11.5 Å². The van der Waals surface area contributed by atoms with E-state index in [1.165, 1.54) is 25.1 Å². The Morgan fingerprint density at radius 3 is 1.79 bits per heavy atom. The molecule has 8 N–H and O–H groups in total. The van der Waals surface area contributed by atoms with Gasteiger partial charge in [-0.25, -0.2) is 0 Å². The van der Waals surface area contributed by atoms with E-state index in [1.54, 1.807) is 0 Å². The molecule has 0 saturated carbocycles. The standard InChI is InChI=1S/C20H19N3O9S3.3Na.3H/c1-10-6-13(9-18(20(10)23)35(30,31)32)19(11-2-4-14(21)16(7-11)33(24,25)26)12-3-5-15(22)17(8-12)34(27,28)29;;;;;;/h2-9,21H,22-23H2,1H3,(H,24,25,26)(H,27,28,29)(H,30,31,32);;;;;;/b19-11-,21-14?;;;;;;. The first kappa shape index (κ1) is 37.7. The maximum absolute atomic E-state index is 11.9. The van der Waals surface area contributed by atoms with Crippen LogP contribution in [0, 0.1) is 12.3 Å². The van der Waals surface area contributed by atoms with Gasteiger partial charge in [0, 0.05) is 0 Å². The normalized spacial score (nSPS) is 14.9. The summed E-state index contributed by atoms with van der Waals surface area (Å²) >= 11 is 0. The van der Waals surface area contributed by atoms with Gasteiger partial charge in [0.25, 0.3) is 30.4 Å². The summed E-state index contributed by atoms with van der Waals surface area (Å²) in [5.41, 5.74) is 10.6. The van der Waals surface area contributed by atoms with E-state index in [4.69, 9.17) is 16.9 Å². The van der Waals surface area contributed by atoms with Crippen LogP contribution in [0.1, 0.15) is 16.7 Å². The Morgan fingerprint density at radius 1 is 0.763 bits per heavy atom. The van der Waals surface area contributed by atoms with Gasteiger partial charge in [0.05, 0.1) is 17.1 Å². The van der Waals surface area contributed by atoms with Crippen LogP contribution >= 0.6 is 0 Å². The zero-order chi connectivity index (χ0) is 26.5. The number of aryl methyl sites for hydroxylation is 1. The number of nitrogens with two attached hydrogens (primary N) is 2. The molecule has 0 bridgehead atoms. The van der Waals surface area contributed by atoms with Crippen molar-refractivity contribution in [1.82, 2.24) is 0 Å². The Morgan fingerprint density at radius 2 is 1.29 bits per heavy atom. The van der Waals surface area contributed by atoms with Crippen LogP contribution in [0.2, 0.25) is 0 Å². The van der Waals surface area contributed by atoms with Gasteiger partial charge in [-0.2, -0.15) is 25.3 Å². The molecule has 0 unspecified atom stereocenters. The zero-order valence-corrected chi connectivity index (χ0v) is 20.2. The quantitative estimate of drug-likeness (QED) is 0.147. The fourth-order valence-corrected chi connectivity index (χ4v) is 5.41. The summed E-state index contributed by atoms with van der Waals surface area (Å²) in [5, 5.41) is 7.79. The van der Waals surface area contributed by atoms with Gasteiger partial charge < -0.3 is 11.5 Å². The first-order valence-electron chi connectivity index (χ1n) is 9.37. The molecule has 38 heavy (non-hydrogen) atoms. The molecule has 0 heterocycles. The van der Waals surface area contributed by atoms with Gasteiger partial charge in [0.15, 0.2) is 0 Å². The van der Waals surface area contributed by atoms with Crippen molar-refractivity contribution in [3.8, 4) is 0 Å². The number of hydrogen-bond donors (Lipinski definition) is 6. The Hall–Kier alpha value is -0.340. The second kappa shape index (κ2) is 13.5. The van der Waals surface area contributed by atoms with Crippen LogP contribution in [0.3, 0.4) is 0 Å². The summed E-state index contributed by atoms with van der Waals surface area (Å²) < 4.78 is 99.7. The fourth-order valence-electron chi connectivity index (χ4n) is 3.43. The van der Waals surface area contributed by atoms with Crippen molar-refractivity contribution < 1.29 is 38.9 Å². The van der Waals surface area contributed by atoms with Crippen molar-refractivity contribution in [3.05, 3.63) is 75.7 Å². The van der Waals surface area contributed by atoms with Crippen molar-refractivity contribution in [3.63, 3.8) is 0 Å².